The van der Waals surface area contributed by atoms with Crippen molar-refractivity contribution in [2.75, 3.05) is 6.26 Å². The van der Waals surface area contributed by atoms with Gasteiger partial charge in [-0.1, -0.05) is 23.8 Å². The summed E-state index contributed by atoms with van der Waals surface area (Å²) in [4.78, 5) is 9.80. The average molecular weight is 209 g/mol. The van der Waals surface area contributed by atoms with Crippen LogP contribution in [-0.4, -0.2) is 18.6 Å². The van der Waals surface area contributed by atoms with E-state index in [1.54, 1.807) is 24.0 Å². The first-order valence-electron chi connectivity index (χ1n) is 2.14. The van der Waals surface area contributed by atoms with Crippen LogP contribution in [0.2, 0.25) is 0 Å². The molecule has 0 fully saturated rings. The van der Waals surface area contributed by atoms with Crippen LogP contribution >= 0.6 is 21.8 Å². The van der Waals surface area contributed by atoms with E-state index >= 15 is 0 Å². The maximum absolute atomic E-state index is 9.80. The molecule has 0 aliphatic heterocycles. The summed E-state index contributed by atoms with van der Waals surface area (Å²) in [5.74, 6) is 0. The molecule has 0 saturated carbocycles. The van der Waals surface area contributed by atoms with Crippen LogP contribution in [0, 0.1) is 0 Å². The van der Waals surface area contributed by atoms with Gasteiger partial charge in [0.1, 0.15) is 0 Å². The minimum absolute atomic E-state index is 0. The molecule has 5 heteroatoms. The predicted molar refractivity (Wildman–Crippen MR) is 39.4 cm³/mol. The number of hydrogen-bond donors (Lipinski definition) is 1. The van der Waals surface area contributed by atoms with Crippen molar-refractivity contribution in [3.8, 4) is 0 Å². The fourth-order valence-electron chi connectivity index (χ4n) is 0.144. The van der Waals surface area contributed by atoms with Crippen molar-refractivity contribution in [1.82, 2.24) is 4.72 Å². The van der Waals surface area contributed by atoms with E-state index in [-0.39, 0.29) is 22.5 Å². The summed E-state index contributed by atoms with van der Waals surface area (Å²) in [6.45, 7) is 1.76. The third-order valence-electron chi connectivity index (χ3n) is 0.485. The van der Waals surface area contributed by atoms with Crippen LogP contribution in [0.1, 0.15) is 6.92 Å². The Balaban J connectivity index is 0. The standard InChI is InChI=1S/C4H8NOS2.Ni/c1-4(3-6)5-8-7-2;/h4-5H,1-2H3;/q-1;. The predicted octanol–water partition coefficient (Wildman–Crippen LogP) is 0.998. The Morgan fingerprint density at radius 1 is 1.67 bits per heavy atom. The molecule has 0 rings (SSSR count). The normalized spacial score (nSPS) is 11.8. The van der Waals surface area contributed by atoms with Crippen molar-refractivity contribution < 1.29 is 21.3 Å². The van der Waals surface area contributed by atoms with Gasteiger partial charge in [0.25, 0.3) is 0 Å². The Morgan fingerprint density at radius 3 is 2.56 bits per heavy atom. The van der Waals surface area contributed by atoms with Gasteiger partial charge in [-0.2, -0.15) is 0 Å². The number of nitrogens with one attached hydrogen (secondary N) is 1. The molecule has 2 nitrogen and oxygen atoms in total. The molecule has 58 valence electrons. The Hall–Kier alpha value is 0.824. The van der Waals surface area contributed by atoms with Crippen LogP contribution < -0.4 is 4.72 Å². The summed E-state index contributed by atoms with van der Waals surface area (Å²) in [6.07, 6.45) is 3.74. The van der Waals surface area contributed by atoms with Crippen LogP contribution in [0.15, 0.2) is 0 Å². The van der Waals surface area contributed by atoms with Crippen LogP contribution in [0.3, 0.4) is 0 Å². The molecule has 0 heterocycles. The van der Waals surface area contributed by atoms with Crippen LogP contribution in [-0.2, 0) is 21.3 Å². The molecule has 1 N–H and O–H groups in total. The molecule has 0 bridgehead atoms. The van der Waals surface area contributed by atoms with Gasteiger partial charge in [0.2, 0.25) is 0 Å². The monoisotopic (exact) mass is 208 g/mol. The Labute approximate surface area is 73.4 Å². The molecule has 0 amide bonds. The topological polar surface area (TPSA) is 29.1 Å². The van der Waals surface area contributed by atoms with E-state index in [0.29, 0.717) is 0 Å². The van der Waals surface area contributed by atoms with Gasteiger partial charge in [-0.15, -0.1) is 0 Å². The fraction of sp³-hybridized carbons (Fsp3) is 0.750. The Morgan fingerprint density at radius 2 is 2.22 bits per heavy atom. The first-order valence-corrected chi connectivity index (χ1v) is 4.70. The van der Waals surface area contributed by atoms with E-state index in [1.165, 1.54) is 11.0 Å². The summed E-state index contributed by atoms with van der Waals surface area (Å²) < 4.78 is 2.84. The smallest absolute Gasteiger partial charge is 0 e. The first kappa shape index (κ1) is 12.5. The fourth-order valence-corrected chi connectivity index (χ4v) is 1.15. The van der Waals surface area contributed by atoms with Gasteiger partial charge in [-0.25, -0.2) is 6.29 Å². The van der Waals surface area contributed by atoms with Crippen molar-refractivity contribution in [3.05, 3.63) is 0 Å². The molecule has 0 aliphatic carbocycles. The van der Waals surface area contributed by atoms with Crippen LogP contribution in [0.4, 0.5) is 0 Å². The van der Waals surface area contributed by atoms with E-state index in [0.717, 1.165) is 0 Å². The Kier molecular flexibility index (Phi) is 12.3. The second-order valence-corrected chi connectivity index (χ2v) is 3.44. The van der Waals surface area contributed by atoms with Gasteiger partial charge in [0.15, 0.2) is 0 Å². The molecular formula is C4H8NNiOS2-. The minimum atomic E-state index is -0.160. The van der Waals surface area contributed by atoms with Crippen molar-refractivity contribution in [3.63, 3.8) is 0 Å². The van der Waals surface area contributed by atoms with E-state index < -0.39 is 0 Å². The summed E-state index contributed by atoms with van der Waals surface area (Å²) in [7, 11) is 3.02. The molecule has 0 saturated heterocycles. The van der Waals surface area contributed by atoms with Crippen molar-refractivity contribution in [2.24, 2.45) is 0 Å². The SMILES string of the molecule is CSSNC(C)[C-]=O.[Ni]. The maximum Gasteiger partial charge on any atom is 0 e. The second kappa shape index (κ2) is 8.82. The summed E-state index contributed by atoms with van der Waals surface area (Å²) >= 11 is 0. The molecule has 9 heavy (non-hydrogen) atoms. The number of hydrogen-bond acceptors (Lipinski definition) is 4. The maximum atomic E-state index is 9.80. The van der Waals surface area contributed by atoms with Crippen LogP contribution in [0.5, 0.6) is 0 Å². The third kappa shape index (κ3) is 8.82. The summed E-state index contributed by atoms with van der Waals surface area (Å²) in [6, 6.07) is -0.160. The quantitative estimate of drug-likeness (QED) is 0.323. The van der Waals surface area contributed by atoms with E-state index in [4.69, 9.17) is 0 Å². The van der Waals surface area contributed by atoms with Gasteiger partial charge in [-0.05, 0) is 17.2 Å². The zero-order valence-electron chi connectivity index (χ0n) is 5.12. The Bertz CT molecular complexity index is 73.6. The molecule has 0 aromatic rings. The van der Waals surface area contributed by atoms with E-state index in [2.05, 4.69) is 4.72 Å². The molecule has 1 unspecified atom stereocenters. The molecule has 0 aliphatic rings. The van der Waals surface area contributed by atoms with Crippen LogP contribution in [0.25, 0.3) is 0 Å². The van der Waals surface area contributed by atoms with E-state index in [1.807, 2.05) is 6.26 Å². The van der Waals surface area contributed by atoms with Gasteiger partial charge in [0.05, 0.1) is 0 Å². The van der Waals surface area contributed by atoms with Gasteiger partial charge in [0, 0.05) is 16.5 Å². The summed E-state index contributed by atoms with van der Waals surface area (Å²) in [5.41, 5.74) is 0. The molecule has 0 aromatic carbocycles. The molecule has 0 aromatic heterocycles. The zero-order chi connectivity index (χ0) is 6.41. The average Bonchev–Trinajstić information content (AvgIpc) is 1.83. The van der Waals surface area contributed by atoms with Crippen molar-refractivity contribution in [1.29, 1.82) is 0 Å². The molecule has 0 radical (unpaired) electrons. The van der Waals surface area contributed by atoms with Gasteiger partial charge in [-0.3, -0.25) is 4.72 Å². The zero-order valence-corrected chi connectivity index (χ0v) is 7.74. The number of rotatable bonds is 4. The minimum Gasteiger partial charge on any atom is -0.540 e. The second-order valence-electron chi connectivity index (χ2n) is 1.21. The number of carbonyl (C=O) groups excluding carboxylic acids is 1. The molecule has 0 spiro atoms. The largest absolute Gasteiger partial charge is 0.540 e. The molecule has 1 atom stereocenters. The van der Waals surface area contributed by atoms with Crippen molar-refractivity contribution in [2.45, 2.75) is 13.0 Å². The molecular weight excluding hydrogens is 201 g/mol. The van der Waals surface area contributed by atoms with Gasteiger partial charge >= 0.3 is 0 Å². The van der Waals surface area contributed by atoms with Gasteiger partial charge < -0.3 is 4.79 Å². The van der Waals surface area contributed by atoms with E-state index in [9.17, 15) is 4.79 Å². The first-order chi connectivity index (χ1) is 3.81. The third-order valence-corrected chi connectivity index (χ3v) is 1.89. The van der Waals surface area contributed by atoms with Crippen molar-refractivity contribution >= 4 is 28.1 Å². The summed E-state index contributed by atoms with van der Waals surface area (Å²) in [5, 5.41) is 0.